The monoisotopic (exact) mass is 340 g/mol. The Morgan fingerprint density at radius 2 is 2.17 bits per heavy atom. The van der Waals surface area contributed by atoms with E-state index in [0.717, 1.165) is 6.42 Å². The van der Waals surface area contributed by atoms with Crippen molar-refractivity contribution >= 4 is 27.7 Å². The number of carbonyl (C=O) groups excluding carboxylic acids is 2. The van der Waals surface area contributed by atoms with Gasteiger partial charge >= 0.3 is 0 Å². The Morgan fingerprint density at radius 1 is 1.43 bits per heavy atom. The molecule has 0 aromatic rings. The summed E-state index contributed by atoms with van der Waals surface area (Å²) in [6, 6.07) is -0.727. The average molecular weight is 340 g/mol. The molecule has 0 radical (unpaired) electrons. The van der Waals surface area contributed by atoms with Crippen molar-refractivity contribution in [1.29, 1.82) is 0 Å². The Kier molecular flexibility index (Phi) is 5.19. The zero-order chi connectivity index (χ0) is 17.0. The van der Waals surface area contributed by atoms with Crippen LogP contribution in [-0.4, -0.2) is 55.9 Å². The molecule has 23 heavy (non-hydrogen) atoms. The predicted octanol–water partition coefficient (Wildman–Crippen LogP) is -0.485. The molecule has 2 heterocycles. The molecule has 126 valence electrons. The number of carbonyl (C=O) groups is 2. The molecule has 0 aromatic heterocycles. The Bertz CT molecular complexity index is 694. The smallest absolute Gasteiger partial charge is 0.256 e. The first-order chi connectivity index (χ1) is 10.8. The molecule has 8 nitrogen and oxygen atoms in total. The van der Waals surface area contributed by atoms with Gasteiger partial charge in [0, 0.05) is 19.3 Å². The van der Waals surface area contributed by atoms with E-state index in [1.807, 2.05) is 6.92 Å². The SMILES string of the molecule is CCCNC(=O)C(C)NC(=O)C1=CC=CN2CCS(=O)(=O)N=C12. The minimum atomic E-state index is -3.56. The average Bonchev–Trinajstić information content (AvgIpc) is 2.50. The van der Waals surface area contributed by atoms with Crippen molar-refractivity contribution in [3.05, 3.63) is 23.9 Å². The third-order valence-electron chi connectivity index (χ3n) is 3.39. The molecule has 2 amide bonds. The number of rotatable bonds is 5. The highest BCUT2D eigenvalue weighted by Gasteiger charge is 2.30. The van der Waals surface area contributed by atoms with Crippen molar-refractivity contribution in [2.45, 2.75) is 26.3 Å². The Balaban J connectivity index is 2.12. The highest BCUT2D eigenvalue weighted by atomic mass is 32.2. The van der Waals surface area contributed by atoms with Gasteiger partial charge in [0.15, 0.2) is 5.84 Å². The summed E-state index contributed by atoms with van der Waals surface area (Å²) in [5.74, 6) is -0.820. The number of fused-ring (bicyclic) bond motifs is 1. The van der Waals surface area contributed by atoms with Gasteiger partial charge in [-0.15, -0.1) is 4.40 Å². The second-order valence-corrected chi connectivity index (χ2v) is 7.06. The molecule has 1 atom stereocenters. The number of nitrogens with zero attached hydrogens (tertiary/aromatic N) is 2. The second-order valence-electron chi connectivity index (χ2n) is 5.30. The number of amidine groups is 1. The van der Waals surface area contributed by atoms with Crippen LogP contribution < -0.4 is 10.6 Å². The van der Waals surface area contributed by atoms with E-state index in [0.29, 0.717) is 6.54 Å². The summed E-state index contributed by atoms with van der Waals surface area (Å²) in [5, 5.41) is 5.25. The molecular formula is C14H20N4O4S. The molecule has 1 unspecified atom stereocenters. The lowest BCUT2D eigenvalue weighted by molar-refractivity contribution is -0.126. The first-order valence-corrected chi connectivity index (χ1v) is 9.01. The Morgan fingerprint density at radius 3 is 2.87 bits per heavy atom. The second kappa shape index (κ2) is 6.95. The number of nitrogens with one attached hydrogen (secondary N) is 2. The fourth-order valence-corrected chi connectivity index (χ4v) is 3.12. The van der Waals surface area contributed by atoms with Crippen LogP contribution in [0.5, 0.6) is 0 Å². The third kappa shape index (κ3) is 4.19. The van der Waals surface area contributed by atoms with E-state index in [9.17, 15) is 18.0 Å². The molecule has 0 saturated carbocycles. The summed E-state index contributed by atoms with van der Waals surface area (Å²) < 4.78 is 27.0. The van der Waals surface area contributed by atoms with Crippen LogP contribution in [0.25, 0.3) is 0 Å². The molecule has 0 aromatic carbocycles. The third-order valence-corrected chi connectivity index (χ3v) is 4.54. The van der Waals surface area contributed by atoms with Gasteiger partial charge in [-0.2, -0.15) is 0 Å². The van der Waals surface area contributed by atoms with E-state index in [-0.39, 0.29) is 29.6 Å². The zero-order valence-electron chi connectivity index (χ0n) is 13.1. The maximum absolute atomic E-state index is 12.4. The molecular weight excluding hydrogens is 320 g/mol. The van der Waals surface area contributed by atoms with Crippen LogP contribution >= 0.6 is 0 Å². The fourth-order valence-electron chi connectivity index (χ4n) is 2.13. The number of sulfonamides is 1. The van der Waals surface area contributed by atoms with Crippen molar-refractivity contribution in [2.75, 3.05) is 18.8 Å². The van der Waals surface area contributed by atoms with Crippen molar-refractivity contribution < 1.29 is 18.0 Å². The summed E-state index contributed by atoms with van der Waals surface area (Å²) >= 11 is 0. The van der Waals surface area contributed by atoms with Crippen molar-refractivity contribution in [1.82, 2.24) is 15.5 Å². The maximum atomic E-state index is 12.4. The fraction of sp³-hybridized carbons (Fsp3) is 0.500. The lowest BCUT2D eigenvalue weighted by Crippen LogP contribution is -2.48. The van der Waals surface area contributed by atoms with E-state index >= 15 is 0 Å². The number of allylic oxidation sites excluding steroid dienone is 2. The minimum absolute atomic E-state index is 0.0917. The molecule has 2 N–H and O–H groups in total. The van der Waals surface area contributed by atoms with Gasteiger partial charge in [0.1, 0.15) is 6.04 Å². The van der Waals surface area contributed by atoms with Crippen molar-refractivity contribution in [2.24, 2.45) is 4.40 Å². The maximum Gasteiger partial charge on any atom is 0.256 e. The van der Waals surface area contributed by atoms with E-state index < -0.39 is 22.0 Å². The van der Waals surface area contributed by atoms with Gasteiger partial charge < -0.3 is 15.5 Å². The van der Waals surface area contributed by atoms with Crippen molar-refractivity contribution in [3.8, 4) is 0 Å². The highest BCUT2D eigenvalue weighted by molar-refractivity contribution is 7.90. The van der Waals surface area contributed by atoms with Crippen LogP contribution in [0.3, 0.4) is 0 Å². The van der Waals surface area contributed by atoms with E-state index in [4.69, 9.17) is 0 Å². The molecule has 2 rings (SSSR count). The number of hydrogen-bond acceptors (Lipinski definition) is 5. The molecule has 0 bridgehead atoms. The number of amides is 2. The summed E-state index contributed by atoms with van der Waals surface area (Å²) in [4.78, 5) is 25.8. The van der Waals surface area contributed by atoms with E-state index in [1.54, 1.807) is 24.1 Å². The summed E-state index contributed by atoms with van der Waals surface area (Å²) in [6.45, 7) is 4.27. The van der Waals surface area contributed by atoms with Crippen LogP contribution in [0.4, 0.5) is 0 Å². The molecule has 0 saturated heterocycles. The van der Waals surface area contributed by atoms with Gasteiger partial charge in [-0.25, -0.2) is 8.42 Å². The molecule has 9 heteroatoms. The predicted molar refractivity (Wildman–Crippen MR) is 86.1 cm³/mol. The summed E-state index contributed by atoms with van der Waals surface area (Å²) in [7, 11) is -3.56. The lowest BCUT2D eigenvalue weighted by Gasteiger charge is -2.29. The van der Waals surface area contributed by atoms with Crippen LogP contribution in [0.2, 0.25) is 0 Å². The Labute approximate surface area is 135 Å². The van der Waals surface area contributed by atoms with E-state index in [2.05, 4.69) is 15.0 Å². The lowest BCUT2D eigenvalue weighted by atomic mass is 10.1. The van der Waals surface area contributed by atoms with Crippen LogP contribution in [0.1, 0.15) is 20.3 Å². The molecule has 2 aliphatic heterocycles. The molecule has 0 fully saturated rings. The normalized spacial score (nSPS) is 20.0. The van der Waals surface area contributed by atoms with Crippen molar-refractivity contribution in [3.63, 3.8) is 0 Å². The standard InChI is InChI=1S/C14H20N4O4S/c1-3-6-15-13(19)10(2)16-14(20)11-5-4-7-18-8-9-23(21,22)17-12(11)18/h4-5,7,10H,3,6,8-9H2,1-2H3,(H,15,19)(H,16,20). The van der Waals surface area contributed by atoms with Crippen LogP contribution in [0, 0.1) is 0 Å². The summed E-state index contributed by atoms with van der Waals surface area (Å²) in [5.41, 5.74) is 0.130. The highest BCUT2D eigenvalue weighted by Crippen LogP contribution is 2.17. The molecule has 0 aliphatic carbocycles. The first-order valence-electron chi connectivity index (χ1n) is 7.41. The van der Waals surface area contributed by atoms with E-state index in [1.165, 1.54) is 6.08 Å². The Hall–Kier alpha value is -2.16. The van der Waals surface area contributed by atoms with Gasteiger partial charge in [-0.05, 0) is 25.5 Å². The van der Waals surface area contributed by atoms with Gasteiger partial charge in [0.05, 0.1) is 11.3 Å². The molecule has 0 spiro atoms. The number of hydrogen-bond donors (Lipinski definition) is 2. The minimum Gasteiger partial charge on any atom is -0.354 e. The van der Waals surface area contributed by atoms with Gasteiger partial charge in [0.25, 0.3) is 15.9 Å². The van der Waals surface area contributed by atoms with Crippen LogP contribution in [-0.2, 0) is 19.6 Å². The van der Waals surface area contributed by atoms with Gasteiger partial charge in [-0.1, -0.05) is 6.92 Å². The van der Waals surface area contributed by atoms with Crippen LogP contribution in [0.15, 0.2) is 28.3 Å². The summed E-state index contributed by atoms with van der Waals surface area (Å²) in [6.07, 6.45) is 5.60. The van der Waals surface area contributed by atoms with Gasteiger partial charge in [0.2, 0.25) is 5.91 Å². The first kappa shape index (κ1) is 17.2. The zero-order valence-corrected chi connectivity index (χ0v) is 13.9. The topological polar surface area (TPSA) is 108 Å². The molecule has 2 aliphatic rings. The largest absolute Gasteiger partial charge is 0.354 e. The van der Waals surface area contributed by atoms with Gasteiger partial charge in [-0.3, -0.25) is 9.59 Å². The quantitative estimate of drug-likeness (QED) is 0.702.